The summed E-state index contributed by atoms with van der Waals surface area (Å²) < 4.78 is 6.14. The maximum Gasteiger partial charge on any atom is 0.258 e. The Morgan fingerprint density at radius 3 is 2.54 bits per heavy atom. The molecule has 6 heteroatoms. The molecule has 0 aromatic heterocycles. The number of fused-ring (bicyclic) bond motifs is 1. The van der Waals surface area contributed by atoms with Crippen LogP contribution in [-0.2, 0) is 9.59 Å². The van der Waals surface area contributed by atoms with Crippen molar-refractivity contribution < 1.29 is 19.1 Å². The second-order valence-corrected chi connectivity index (χ2v) is 9.05. The van der Waals surface area contributed by atoms with Gasteiger partial charge in [0.2, 0.25) is 5.91 Å². The summed E-state index contributed by atoms with van der Waals surface area (Å²) in [6.07, 6.45) is 2.44. The van der Waals surface area contributed by atoms with Gasteiger partial charge in [0.1, 0.15) is 11.5 Å². The van der Waals surface area contributed by atoms with Crippen LogP contribution in [0.2, 0.25) is 0 Å². The average molecular weight is 384 g/mol. The topological polar surface area (TPSA) is 75.7 Å². The van der Waals surface area contributed by atoms with Crippen LogP contribution in [0.3, 0.4) is 0 Å². The standard InChI is InChI=1S/C22H28N2O4/c1-14(25)17-12-15(21(17,2)3)13-19(26)24-10-8-22(9-11-24)23-20(27)16-6-4-5-7-18(16)28-22/h4-7,15,17H,8-13H2,1-3H3,(H,23,27)/t15-,17+/m1/s1. The third kappa shape index (κ3) is 3.09. The molecule has 150 valence electrons. The lowest BCUT2D eigenvalue weighted by Crippen LogP contribution is -2.61. The number of ketones is 1. The molecular weight excluding hydrogens is 356 g/mol. The SMILES string of the molecule is CC(=O)[C@@H]1C[C@H](CC(=O)N2CCC3(CC2)NC(=O)c2ccccc2O3)C1(C)C. The molecule has 1 saturated carbocycles. The third-order valence-electron chi connectivity index (χ3n) is 7.08. The van der Waals surface area contributed by atoms with E-state index in [1.54, 1.807) is 13.0 Å². The van der Waals surface area contributed by atoms with Crippen molar-refractivity contribution in [3.05, 3.63) is 29.8 Å². The van der Waals surface area contributed by atoms with Crippen LogP contribution in [0.4, 0.5) is 0 Å². The minimum Gasteiger partial charge on any atom is -0.467 e. The van der Waals surface area contributed by atoms with Crippen LogP contribution >= 0.6 is 0 Å². The summed E-state index contributed by atoms with van der Waals surface area (Å²) in [5, 5.41) is 3.01. The number of carbonyl (C=O) groups excluding carboxylic acids is 3. The van der Waals surface area contributed by atoms with Gasteiger partial charge in [0.25, 0.3) is 5.91 Å². The number of rotatable bonds is 3. The van der Waals surface area contributed by atoms with Gasteiger partial charge in [-0.3, -0.25) is 14.4 Å². The predicted molar refractivity (Wildman–Crippen MR) is 104 cm³/mol. The van der Waals surface area contributed by atoms with E-state index in [0.29, 0.717) is 43.7 Å². The van der Waals surface area contributed by atoms with Gasteiger partial charge >= 0.3 is 0 Å². The number of amides is 2. The maximum atomic E-state index is 12.8. The Labute approximate surface area is 165 Å². The smallest absolute Gasteiger partial charge is 0.258 e. The Morgan fingerprint density at radius 1 is 1.21 bits per heavy atom. The number of carbonyl (C=O) groups is 3. The first kappa shape index (κ1) is 19.0. The molecule has 2 aliphatic heterocycles. The first-order chi connectivity index (χ1) is 13.2. The molecule has 6 nitrogen and oxygen atoms in total. The van der Waals surface area contributed by atoms with Crippen molar-refractivity contribution in [2.24, 2.45) is 17.3 Å². The first-order valence-corrected chi connectivity index (χ1v) is 10.1. The highest BCUT2D eigenvalue weighted by molar-refractivity contribution is 5.98. The van der Waals surface area contributed by atoms with E-state index in [1.807, 2.05) is 23.1 Å². The Bertz CT molecular complexity index is 824. The molecule has 3 aliphatic rings. The Kier molecular flexibility index (Phi) is 4.47. The van der Waals surface area contributed by atoms with E-state index in [4.69, 9.17) is 4.74 Å². The largest absolute Gasteiger partial charge is 0.467 e. The summed E-state index contributed by atoms with van der Waals surface area (Å²) in [7, 11) is 0. The van der Waals surface area contributed by atoms with E-state index in [2.05, 4.69) is 19.2 Å². The molecular formula is C22H28N2O4. The number of Topliss-reactive ketones (excluding diaryl/α,β-unsaturated/α-hetero) is 1. The molecule has 0 unspecified atom stereocenters. The Morgan fingerprint density at radius 2 is 1.89 bits per heavy atom. The zero-order valence-electron chi connectivity index (χ0n) is 16.8. The van der Waals surface area contributed by atoms with E-state index in [-0.39, 0.29) is 34.8 Å². The highest BCUT2D eigenvalue weighted by Crippen LogP contribution is 2.53. The Hall–Kier alpha value is -2.37. The first-order valence-electron chi connectivity index (χ1n) is 10.1. The molecule has 1 N–H and O–H groups in total. The van der Waals surface area contributed by atoms with Crippen LogP contribution in [0.5, 0.6) is 5.75 Å². The molecule has 0 radical (unpaired) electrons. The lowest BCUT2D eigenvalue weighted by molar-refractivity contribution is -0.147. The van der Waals surface area contributed by atoms with Crippen molar-refractivity contribution in [2.45, 2.75) is 52.2 Å². The highest BCUT2D eigenvalue weighted by Gasteiger charge is 2.51. The van der Waals surface area contributed by atoms with Crippen LogP contribution in [0.25, 0.3) is 0 Å². The van der Waals surface area contributed by atoms with Gasteiger partial charge in [-0.2, -0.15) is 0 Å². The van der Waals surface area contributed by atoms with Crippen LogP contribution in [-0.4, -0.2) is 41.3 Å². The molecule has 2 amide bonds. The second kappa shape index (κ2) is 6.61. The van der Waals surface area contributed by atoms with E-state index in [1.165, 1.54) is 0 Å². The molecule has 1 aromatic carbocycles. The van der Waals surface area contributed by atoms with Crippen LogP contribution < -0.4 is 10.1 Å². The van der Waals surface area contributed by atoms with Gasteiger partial charge in [0.15, 0.2) is 5.72 Å². The van der Waals surface area contributed by atoms with Crippen molar-refractivity contribution in [1.29, 1.82) is 0 Å². The second-order valence-electron chi connectivity index (χ2n) is 9.05. The molecule has 1 aromatic rings. The fourth-order valence-electron chi connectivity index (χ4n) is 4.99. The molecule has 2 fully saturated rings. The summed E-state index contributed by atoms with van der Waals surface area (Å²) in [5.74, 6) is 1.17. The number of piperidine rings is 1. The molecule has 2 atom stereocenters. The van der Waals surface area contributed by atoms with Gasteiger partial charge in [-0.15, -0.1) is 0 Å². The lowest BCUT2D eigenvalue weighted by Gasteiger charge is -2.51. The quantitative estimate of drug-likeness (QED) is 0.869. The molecule has 1 aliphatic carbocycles. The van der Waals surface area contributed by atoms with Gasteiger partial charge in [-0.05, 0) is 36.8 Å². The van der Waals surface area contributed by atoms with E-state index in [0.717, 1.165) is 6.42 Å². The van der Waals surface area contributed by atoms with Gasteiger partial charge in [0, 0.05) is 38.3 Å². The zero-order chi connectivity index (χ0) is 20.1. The van der Waals surface area contributed by atoms with Crippen molar-refractivity contribution in [3.63, 3.8) is 0 Å². The number of hydrogen-bond acceptors (Lipinski definition) is 4. The predicted octanol–water partition coefficient (Wildman–Crippen LogP) is 2.77. The van der Waals surface area contributed by atoms with Crippen LogP contribution in [0.15, 0.2) is 24.3 Å². The number of para-hydroxylation sites is 1. The summed E-state index contributed by atoms with van der Waals surface area (Å²) in [6.45, 7) is 6.95. The fourth-order valence-corrected chi connectivity index (χ4v) is 4.99. The van der Waals surface area contributed by atoms with Gasteiger partial charge in [0.05, 0.1) is 5.56 Å². The lowest BCUT2D eigenvalue weighted by atomic mass is 9.52. The summed E-state index contributed by atoms with van der Waals surface area (Å²) >= 11 is 0. The molecule has 1 saturated heterocycles. The van der Waals surface area contributed by atoms with Crippen molar-refractivity contribution in [2.75, 3.05) is 13.1 Å². The van der Waals surface area contributed by atoms with Gasteiger partial charge in [-0.1, -0.05) is 26.0 Å². The van der Waals surface area contributed by atoms with Gasteiger partial charge in [-0.25, -0.2) is 0 Å². The third-order valence-corrected chi connectivity index (χ3v) is 7.08. The minimum absolute atomic E-state index is 0.0702. The molecule has 1 spiro atoms. The van der Waals surface area contributed by atoms with Gasteiger partial charge < -0.3 is 15.0 Å². The monoisotopic (exact) mass is 384 g/mol. The molecule has 4 rings (SSSR count). The number of benzene rings is 1. The molecule has 28 heavy (non-hydrogen) atoms. The average Bonchev–Trinajstić information content (AvgIpc) is 2.65. The van der Waals surface area contributed by atoms with E-state index in [9.17, 15) is 14.4 Å². The molecule has 2 heterocycles. The van der Waals surface area contributed by atoms with Crippen LogP contribution in [0.1, 0.15) is 56.8 Å². The van der Waals surface area contributed by atoms with Crippen molar-refractivity contribution in [1.82, 2.24) is 10.2 Å². The van der Waals surface area contributed by atoms with E-state index < -0.39 is 5.72 Å². The Balaban J connectivity index is 1.36. The minimum atomic E-state index is -0.725. The summed E-state index contributed by atoms with van der Waals surface area (Å²) in [6, 6.07) is 7.25. The number of ether oxygens (including phenoxy) is 1. The maximum absolute atomic E-state index is 12.8. The summed E-state index contributed by atoms with van der Waals surface area (Å²) in [4.78, 5) is 38.8. The molecule has 0 bridgehead atoms. The number of nitrogens with zero attached hydrogens (tertiary/aromatic N) is 1. The number of likely N-dealkylation sites (tertiary alicyclic amines) is 1. The fraction of sp³-hybridized carbons (Fsp3) is 0.591. The number of hydrogen-bond donors (Lipinski definition) is 1. The van der Waals surface area contributed by atoms with E-state index >= 15 is 0 Å². The number of nitrogens with one attached hydrogen (secondary N) is 1. The van der Waals surface area contributed by atoms with Crippen molar-refractivity contribution >= 4 is 17.6 Å². The van der Waals surface area contributed by atoms with Crippen LogP contribution in [0, 0.1) is 17.3 Å². The highest BCUT2D eigenvalue weighted by atomic mass is 16.5. The zero-order valence-corrected chi connectivity index (χ0v) is 16.8. The summed E-state index contributed by atoms with van der Waals surface area (Å²) in [5.41, 5.74) is -0.278. The van der Waals surface area contributed by atoms with Crippen molar-refractivity contribution in [3.8, 4) is 5.75 Å². The normalized spacial score (nSPS) is 27.2.